The first-order chi connectivity index (χ1) is 8.60. The van der Waals surface area contributed by atoms with Crippen LogP contribution in [0.3, 0.4) is 0 Å². The Morgan fingerprint density at radius 2 is 2.11 bits per heavy atom. The van der Waals surface area contributed by atoms with Gasteiger partial charge >= 0.3 is 0 Å². The van der Waals surface area contributed by atoms with Gasteiger partial charge in [0.15, 0.2) is 0 Å². The van der Waals surface area contributed by atoms with Gasteiger partial charge in [0, 0.05) is 43.7 Å². The third-order valence-electron chi connectivity index (χ3n) is 3.23. The van der Waals surface area contributed by atoms with Gasteiger partial charge in [0.05, 0.1) is 5.69 Å². The van der Waals surface area contributed by atoms with Gasteiger partial charge in [-0.1, -0.05) is 6.92 Å². The minimum atomic E-state index is 0. The van der Waals surface area contributed by atoms with Gasteiger partial charge < -0.3 is 5.32 Å². The molecule has 1 unspecified atom stereocenters. The molecule has 2 aromatic rings. The van der Waals surface area contributed by atoms with E-state index in [9.17, 15) is 0 Å². The largest absolute Gasteiger partial charge is 0.364 e. The lowest BCUT2D eigenvalue weighted by Gasteiger charge is -2.08. The fraction of sp³-hybridized carbons (Fsp3) is 0.538. The maximum absolute atomic E-state index is 4.51. The molecule has 106 valence electrons. The number of rotatable bonds is 5. The van der Waals surface area contributed by atoms with Crippen LogP contribution in [0.25, 0.3) is 0 Å². The number of aromatic nitrogens is 4. The van der Waals surface area contributed by atoms with Gasteiger partial charge in [-0.25, -0.2) is 0 Å². The summed E-state index contributed by atoms with van der Waals surface area (Å²) in [4.78, 5) is 0. The molecule has 0 saturated heterocycles. The number of nitrogens with zero attached hydrogens (tertiary/aromatic N) is 4. The van der Waals surface area contributed by atoms with Gasteiger partial charge in [-0.05, 0) is 20.3 Å². The van der Waals surface area contributed by atoms with Crippen molar-refractivity contribution in [3.8, 4) is 0 Å². The first kappa shape index (κ1) is 15.6. The molecule has 0 saturated carbocycles. The van der Waals surface area contributed by atoms with Crippen LogP contribution < -0.4 is 5.32 Å². The number of halogens is 1. The van der Waals surface area contributed by atoms with Crippen molar-refractivity contribution in [1.82, 2.24) is 19.6 Å². The second kappa shape index (κ2) is 6.61. The van der Waals surface area contributed by atoms with Crippen LogP contribution in [0.15, 0.2) is 18.5 Å². The average molecular weight is 284 g/mol. The third kappa shape index (κ3) is 3.73. The second-order valence-electron chi connectivity index (χ2n) is 4.71. The lowest BCUT2D eigenvalue weighted by molar-refractivity contribution is 0.479. The summed E-state index contributed by atoms with van der Waals surface area (Å²) in [5.41, 5.74) is 2.27. The monoisotopic (exact) mass is 283 g/mol. The minimum Gasteiger partial charge on any atom is -0.364 e. The van der Waals surface area contributed by atoms with Crippen molar-refractivity contribution in [3.63, 3.8) is 0 Å². The third-order valence-corrected chi connectivity index (χ3v) is 3.23. The quantitative estimate of drug-likeness (QED) is 0.918. The number of aryl methyl sites for hydroxylation is 2. The van der Waals surface area contributed by atoms with Crippen molar-refractivity contribution in [3.05, 3.63) is 29.7 Å². The predicted octanol–water partition coefficient (Wildman–Crippen LogP) is 2.93. The van der Waals surface area contributed by atoms with E-state index in [1.165, 1.54) is 5.56 Å². The zero-order chi connectivity index (χ0) is 13.1. The van der Waals surface area contributed by atoms with Crippen LogP contribution in [0.5, 0.6) is 0 Å². The molecular weight excluding hydrogens is 262 g/mol. The number of nitrogens with one attached hydrogen (secondary N) is 1. The summed E-state index contributed by atoms with van der Waals surface area (Å²) < 4.78 is 3.84. The zero-order valence-electron chi connectivity index (χ0n) is 11.9. The Morgan fingerprint density at radius 3 is 2.68 bits per heavy atom. The van der Waals surface area contributed by atoms with Crippen molar-refractivity contribution in [2.75, 3.05) is 5.32 Å². The summed E-state index contributed by atoms with van der Waals surface area (Å²) in [7, 11) is 1.94. The summed E-state index contributed by atoms with van der Waals surface area (Å²) >= 11 is 0. The predicted molar refractivity (Wildman–Crippen MR) is 79.7 cm³/mol. The second-order valence-corrected chi connectivity index (χ2v) is 4.71. The molecule has 0 aliphatic heterocycles. The highest BCUT2D eigenvalue weighted by Gasteiger charge is 2.06. The molecule has 0 amide bonds. The number of hydrogen-bond donors (Lipinski definition) is 1. The van der Waals surface area contributed by atoms with Crippen molar-refractivity contribution in [1.29, 1.82) is 0 Å². The van der Waals surface area contributed by atoms with Crippen LogP contribution in [0.1, 0.15) is 37.6 Å². The van der Waals surface area contributed by atoms with Crippen LogP contribution in [0.2, 0.25) is 0 Å². The molecule has 1 atom stereocenters. The first-order valence-corrected chi connectivity index (χ1v) is 6.38. The van der Waals surface area contributed by atoms with Gasteiger partial charge in [0.2, 0.25) is 0 Å². The standard InChI is InChI=1S/C13H21N5.ClH/c1-5-10(2)18-7-6-13(16-18)14-8-12-9-17(4)15-11(12)3;/h6-7,9-10H,5,8H2,1-4H3,(H,14,16);1H. The maximum atomic E-state index is 4.51. The molecule has 0 aliphatic carbocycles. The normalized spacial score (nSPS) is 12.0. The Balaban J connectivity index is 0.00000180. The van der Waals surface area contributed by atoms with Crippen LogP contribution in [0, 0.1) is 6.92 Å². The molecule has 0 bridgehead atoms. The van der Waals surface area contributed by atoms with Crippen LogP contribution in [-0.2, 0) is 13.6 Å². The maximum Gasteiger partial charge on any atom is 0.148 e. The summed E-state index contributed by atoms with van der Waals surface area (Å²) in [6.07, 6.45) is 5.14. The highest BCUT2D eigenvalue weighted by molar-refractivity contribution is 5.85. The summed E-state index contributed by atoms with van der Waals surface area (Å²) in [6.45, 7) is 7.12. The number of anilines is 1. The number of hydrogen-bond acceptors (Lipinski definition) is 3. The van der Waals surface area contributed by atoms with Crippen LogP contribution in [-0.4, -0.2) is 19.6 Å². The SMILES string of the molecule is CCC(C)n1ccc(NCc2cn(C)nc2C)n1.Cl. The van der Waals surface area contributed by atoms with Crippen LogP contribution >= 0.6 is 12.4 Å². The summed E-state index contributed by atoms with van der Waals surface area (Å²) in [5, 5.41) is 12.2. The summed E-state index contributed by atoms with van der Waals surface area (Å²) in [5.74, 6) is 0.915. The summed E-state index contributed by atoms with van der Waals surface area (Å²) in [6, 6.07) is 2.46. The van der Waals surface area contributed by atoms with E-state index in [1.807, 2.05) is 41.8 Å². The van der Waals surface area contributed by atoms with E-state index < -0.39 is 0 Å². The Bertz CT molecular complexity index is 517. The molecule has 6 heteroatoms. The molecule has 5 nitrogen and oxygen atoms in total. The highest BCUT2D eigenvalue weighted by Crippen LogP contribution is 2.13. The fourth-order valence-electron chi connectivity index (χ4n) is 1.87. The van der Waals surface area contributed by atoms with Gasteiger partial charge in [-0.3, -0.25) is 9.36 Å². The van der Waals surface area contributed by atoms with E-state index in [2.05, 4.69) is 29.4 Å². The van der Waals surface area contributed by atoms with E-state index in [0.717, 1.165) is 24.5 Å². The van der Waals surface area contributed by atoms with Crippen molar-refractivity contribution >= 4 is 18.2 Å². The minimum absolute atomic E-state index is 0. The molecule has 2 aromatic heterocycles. The fourth-order valence-corrected chi connectivity index (χ4v) is 1.87. The Hall–Kier alpha value is -1.49. The zero-order valence-corrected chi connectivity index (χ0v) is 12.7. The molecular formula is C13H22ClN5. The van der Waals surface area contributed by atoms with E-state index in [1.54, 1.807) is 0 Å². The van der Waals surface area contributed by atoms with Crippen molar-refractivity contribution in [2.24, 2.45) is 7.05 Å². The first-order valence-electron chi connectivity index (χ1n) is 6.38. The molecule has 0 spiro atoms. The van der Waals surface area contributed by atoms with E-state index in [4.69, 9.17) is 0 Å². The van der Waals surface area contributed by atoms with E-state index >= 15 is 0 Å². The molecule has 19 heavy (non-hydrogen) atoms. The van der Waals surface area contributed by atoms with E-state index in [-0.39, 0.29) is 12.4 Å². The molecule has 0 fully saturated rings. The lowest BCUT2D eigenvalue weighted by atomic mass is 10.2. The smallest absolute Gasteiger partial charge is 0.148 e. The van der Waals surface area contributed by atoms with Crippen molar-refractivity contribution < 1.29 is 0 Å². The molecule has 0 aliphatic rings. The van der Waals surface area contributed by atoms with Crippen molar-refractivity contribution in [2.45, 2.75) is 39.8 Å². The molecule has 0 aromatic carbocycles. The van der Waals surface area contributed by atoms with Crippen LogP contribution in [0.4, 0.5) is 5.82 Å². The van der Waals surface area contributed by atoms with E-state index in [0.29, 0.717) is 6.04 Å². The van der Waals surface area contributed by atoms with Gasteiger partial charge in [-0.2, -0.15) is 10.2 Å². The molecule has 2 rings (SSSR count). The Labute approximate surface area is 120 Å². The average Bonchev–Trinajstić information content (AvgIpc) is 2.92. The molecule has 0 radical (unpaired) electrons. The van der Waals surface area contributed by atoms with Gasteiger partial charge in [0.1, 0.15) is 5.82 Å². The van der Waals surface area contributed by atoms with Gasteiger partial charge in [-0.15, -0.1) is 12.4 Å². The highest BCUT2D eigenvalue weighted by atomic mass is 35.5. The topological polar surface area (TPSA) is 47.7 Å². The molecule has 2 heterocycles. The Morgan fingerprint density at radius 1 is 1.37 bits per heavy atom. The van der Waals surface area contributed by atoms with Gasteiger partial charge in [0.25, 0.3) is 0 Å². The Kier molecular flexibility index (Phi) is 5.42. The lowest BCUT2D eigenvalue weighted by Crippen LogP contribution is -2.06. The molecule has 1 N–H and O–H groups in total.